The molecule has 3 aromatic rings. The van der Waals surface area contributed by atoms with Gasteiger partial charge in [0.1, 0.15) is 18.1 Å². The van der Waals surface area contributed by atoms with Crippen LogP contribution in [0.25, 0.3) is 0 Å². The van der Waals surface area contributed by atoms with Crippen LogP contribution in [0.5, 0.6) is 11.5 Å². The second-order valence-electron chi connectivity index (χ2n) is 6.44. The van der Waals surface area contributed by atoms with Crippen molar-refractivity contribution >= 4 is 11.6 Å². The zero-order chi connectivity index (χ0) is 18.6. The third kappa shape index (κ3) is 3.77. The Hall–Kier alpha value is -3.34. The fourth-order valence-corrected chi connectivity index (χ4v) is 3.33. The third-order valence-corrected chi connectivity index (χ3v) is 4.67. The summed E-state index contributed by atoms with van der Waals surface area (Å²) in [7, 11) is 1.62. The van der Waals surface area contributed by atoms with Gasteiger partial charge in [0.25, 0.3) is 0 Å². The maximum Gasteiger partial charge on any atom is 0.225 e. The van der Waals surface area contributed by atoms with Gasteiger partial charge in [0.15, 0.2) is 0 Å². The van der Waals surface area contributed by atoms with Crippen LogP contribution in [-0.2, 0) is 11.4 Å². The molecule has 0 saturated heterocycles. The Morgan fingerprint density at radius 3 is 2.81 bits per heavy atom. The largest absolute Gasteiger partial charge is 0.497 e. The lowest BCUT2D eigenvalue weighted by molar-refractivity contribution is -0.116. The first-order chi connectivity index (χ1) is 13.2. The van der Waals surface area contributed by atoms with Crippen molar-refractivity contribution in [3.05, 3.63) is 83.7 Å². The molecule has 136 valence electrons. The Labute approximate surface area is 158 Å². The van der Waals surface area contributed by atoms with Crippen molar-refractivity contribution in [1.82, 2.24) is 4.98 Å². The van der Waals surface area contributed by atoms with Crippen molar-refractivity contribution in [1.29, 1.82) is 0 Å². The second kappa shape index (κ2) is 7.50. The molecule has 1 aliphatic rings. The molecule has 1 aliphatic heterocycles. The first-order valence-electron chi connectivity index (χ1n) is 8.83. The number of anilines is 1. The molecular weight excluding hydrogens is 340 g/mol. The Balaban J connectivity index is 1.59. The molecule has 1 unspecified atom stereocenters. The van der Waals surface area contributed by atoms with Gasteiger partial charge in [-0.2, -0.15) is 0 Å². The lowest BCUT2D eigenvalue weighted by Gasteiger charge is -2.26. The number of hydrogen-bond donors (Lipinski definition) is 1. The van der Waals surface area contributed by atoms with Crippen LogP contribution in [0.1, 0.15) is 29.2 Å². The number of aromatic nitrogens is 1. The minimum atomic E-state index is -0.0157. The van der Waals surface area contributed by atoms with Gasteiger partial charge in [-0.1, -0.05) is 24.3 Å². The Morgan fingerprint density at radius 2 is 2.00 bits per heavy atom. The first kappa shape index (κ1) is 17.1. The molecule has 5 nitrogen and oxygen atoms in total. The van der Waals surface area contributed by atoms with E-state index in [-0.39, 0.29) is 11.8 Å². The van der Waals surface area contributed by atoms with Gasteiger partial charge >= 0.3 is 0 Å². The van der Waals surface area contributed by atoms with E-state index in [2.05, 4.69) is 10.3 Å². The summed E-state index contributed by atoms with van der Waals surface area (Å²) in [4.78, 5) is 16.5. The second-order valence-corrected chi connectivity index (χ2v) is 6.44. The van der Waals surface area contributed by atoms with Crippen LogP contribution in [0.2, 0.25) is 0 Å². The summed E-state index contributed by atoms with van der Waals surface area (Å²) in [6.45, 7) is 0.406. The number of amides is 1. The minimum Gasteiger partial charge on any atom is -0.497 e. The standard InChI is InChI=1S/C22H20N2O3/c1-26-17-8-9-19-20(13-22(25)24-21(19)12-17)15-5-4-7-18(11-15)27-14-16-6-2-3-10-23-16/h2-12,20H,13-14H2,1H3,(H,24,25). The van der Waals surface area contributed by atoms with Gasteiger partial charge in [0.2, 0.25) is 5.91 Å². The molecule has 2 heterocycles. The number of methoxy groups -OCH3 is 1. The average molecular weight is 360 g/mol. The highest BCUT2D eigenvalue weighted by molar-refractivity contribution is 5.95. The predicted octanol–water partition coefficient (Wildman–Crippen LogP) is 4.14. The number of ether oxygens (including phenoxy) is 2. The highest BCUT2D eigenvalue weighted by Gasteiger charge is 2.27. The predicted molar refractivity (Wildman–Crippen MR) is 103 cm³/mol. The summed E-state index contributed by atoms with van der Waals surface area (Å²) >= 11 is 0. The highest BCUT2D eigenvalue weighted by Crippen LogP contribution is 2.39. The van der Waals surface area contributed by atoms with E-state index in [1.807, 2.05) is 60.7 Å². The number of fused-ring (bicyclic) bond motifs is 1. The first-order valence-corrected chi connectivity index (χ1v) is 8.83. The molecule has 0 fully saturated rings. The fourth-order valence-electron chi connectivity index (χ4n) is 3.33. The molecule has 0 saturated carbocycles. The maximum atomic E-state index is 12.2. The topological polar surface area (TPSA) is 60.5 Å². The number of rotatable bonds is 5. The van der Waals surface area contributed by atoms with Crippen molar-refractivity contribution in [2.45, 2.75) is 18.9 Å². The number of nitrogens with zero attached hydrogens (tertiary/aromatic N) is 1. The van der Waals surface area contributed by atoms with Crippen LogP contribution < -0.4 is 14.8 Å². The van der Waals surface area contributed by atoms with Gasteiger partial charge in [0, 0.05) is 30.3 Å². The van der Waals surface area contributed by atoms with Crippen LogP contribution in [0.15, 0.2) is 66.9 Å². The van der Waals surface area contributed by atoms with E-state index in [1.165, 1.54) is 0 Å². The molecule has 0 spiro atoms. The Bertz CT molecular complexity index is 957. The lowest BCUT2D eigenvalue weighted by atomic mass is 9.84. The quantitative estimate of drug-likeness (QED) is 0.743. The van der Waals surface area contributed by atoms with E-state index >= 15 is 0 Å². The number of carbonyl (C=O) groups is 1. The van der Waals surface area contributed by atoms with Crippen molar-refractivity contribution in [3.63, 3.8) is 0 Å². The number of carbonyl (C=O) groups excluding carboxylic acids is 1. The lowest BCUT2D eigenvalue weighted by Crippen LogP contribution is -2.23. The fraction of sp³-hybridized carbons (Fsp3) is 0.182. The smallest absolute Gasteiger partial charge is 0.225 e. The van der Waals surface area contributed by atoms with Gasteiger partial charge in [0.05, 0.1) is 12.8 Å². The van der Waals surface area contributed by atoms with Gasteiger partial charge in [-0.05, 0) is 41.5 Å². The van der Waals surface area contributed by atoms with E-state index in [4.69, 9.17) is 9.47 Å². The Morgan fingerprint density at radius 1 is 1.07 bits per heavy atom. The molecule has 0 bridgehead atoms. The third-order valence-electron chi connectivity index (χ3n) is 4.67. The summed E-state index contributed by atoms with van der Waals surface area (Å²) in [6, 6.07) is 19.5. The zero-order valence-electron chi connectivity index (χ0n) is 15.0. The van der Waals surface area contributed by atoms with Crippen LogP contribution in [-0.4, -0.2) is 18.0 Å². The number of benzene rings is 2. The van der Waals surface area contributed by atoms with E-state index < -0.39 is 0 Å². The molecular formula is C22H20N2O3. The molecule has 4 rings (SSSR count). The highest BCUT2D eigenvalue weighted by atomic mass is 16.5. The van der Waals surface area contributed by atoms with E-state index in [0.29, 0.717) is 13.0 Å². The Kier molecular flexibility index (Phi) is 4.75. The van der Waals surface area contributed by atoms with Gasteiger partial charge in [-0.25, -0.2) is 0 Å². The van der Waals surface area contributed by atoms with E-state index in [0.717, 1.165) is 34.0 Å². The molecule has 2 aromatic carbocycles. The average Bonchev–Trinajstić information content (AvgIpc) is 2.72. The number of pyridine rings is 1. The van der Waals surface area contributed by atoms with E-state index in [1.54, 1.807) is 13.3 Å². The SMILES string of the molecule is COc1ccc2c(c1)NC(=O)CC2c1cccc(OCc2ccccn2)c1. The molecule has 1 atom stereocenters. The minimum absolute atomic E-state index is 0.000519. The molecule has 0 radical (unpaired) electrons. The maximum absolute atomic E-state index is 12.2. The molecule has 0 aliphatic carbocycles. The van der Waals surface area contributed by atoms with Crippen LogP contribution in [0.4, 0.5) is 5.69 Å². The van der Waals surface area contributed by atoms with Crippen molar-refractivity contribution in [3.8, 4) is 11.5 Å². The normalized spacial score (nSPS) is 15.6. The monoisotopic (exact) mass is 360 g/mol. The van der Waals surface area contributed by atoms with Gasteiger partial charge < -0.3 is 14.8 Å². The van der Waals surface area contributed by atoms with Crippen LogP contribution in [0, 0.1) is 0 Å². The zero-order valence-corrected chi connectivity index (χ0v) is 15.0. The summed E-state index contributed by atoms with van der Waals surface area (Å²) in [6.07, 6.45) is 2.16. The van der Waals surface area contributed by atoms with Gasteiger partial charge in [-0.15, -0.1) is 0 Å². The van der Waals surface area contributed by atoms with Crippen LogP contribution >= 0.6 is 0 Å². The summed E-state index contributed by atoms with van der Waals surface area (Å²) < 4.78 is 11.2. The number of hydrogen-bond acceptors (Lipinski definition) is 4. The van der Waals surface area contributed by atoms with Gasteiger partial charge in [-0.3, -0.25) is 9.78 Å². The summed E-state index contributed by atoms with van der Waals surface area (Å²) in [5.41, 5.74) is 3.81. The molecule has 1 amide bonds. The van der Waals surface area contributed by atoms with Crippen molar-refractivity contribution in [2.75, 3.05) is 12.4 Å². The molecule has 1 N–H and O–H groups in total. The molecule has 1 aromatic heterocycles. The van der Waals surface area contributed by atoms with Crippen molar-refractivity contribution < 1.29 is 14.3 Å². The van der Waals surface area contributed by atoms with Crippen LogP contribution in [0.3, 0.4) is 0 Å². The summed E-state index contributed by atoms with van der Waals surface area (Å²) in [5.74, 6) is 1.47. The van der Waals surface area contributed by atoms with Crippen molar-refractivity contribution in [2.24, 2.45) is 0 Å². The molecule has 5 heteroatoms. The summed E-state index contributed by atoms with van der Waals surface area (Å²) in [5, 5.41) is 2.94. The van der Waals surface area contributed by atoms with E-state index in [9.17, 15) is 4.79 Å². The number of nitrogens with one attached hydrogen (secondary N) is 1. The molecule has 27 heavy (non-hydrogen) atoms.